The highest BCUT2D eigenvalue weighted by Gasteiger charge is 2.20. The number of aliphatic hydroxyl groups is 1. The Kier molecular flexibility index (Phi) is 5.48. The maximum absolute atomic E-state index is 13.7. The highest BCUT2D eigenvalue weighted by Crippen LogP contribution is 2.26. The Labute approximate surface area is 148 Å². The Balaban J connectivity index is 1.55. The summed E-state index contributed by atoms with van der Waals surface area (Å²) in [6.45, 7) is 1.84. The summed E-state index contributed by atoms with van der Waals surface area (Å²) in [4.78, 5) is 2.12. The van der Waals surface area contributed by atoms with Crippen LogP contribution >= 0.6 is 15.9 Å². The number of ether oxygens (including phenoxy) is 1. The maximum atomic E-state index is 13.7. The largest absolute Gasteiger partial charge is 0.485 e. The van der Waals surface area contributed by atoms with Gasteiger partial charge in [-0.15, -0.1) is 0 Å². The Hall–Kier alpha value is -1.50. The van der Waals surface area contributed by atoms with Gasteiger partial charge in [-0.05, 0) is 29.7 Å². The normalized spacial score (nSPS) is 15.8. The Bertz CT molecular complexity index is 703. The molecule has 0 unspecified atom stereocenters. The van der Waals surface area contributed by atoms with Crippen molar-refractivity contribution in [2.24, 2.45) is 0 Å². The Morgan fingerprint density at radius 3 is 2.54 bits per heavy atom. The predicted molar refractivity (Wildman–Crippen MR) is 91.0 cm³/mol. The van der Waals surface area contributed by atoms with Crippen LogP contribution in [0.4, 0.5) is 8.78 Å². The van der Waals surface area contributed by atoms with E-state index in [2.05, 4.69) is 33.0 Å². The molecule has 0 spiro atoms. The minimum absolute atomic E-state index is 0.159. The van der Waals surface area contributed by atoms with E-state index in [9.17, 15) is 13.9 Å². The van der Waals surface area contributed by atoms with Gasteiger partial charge >= 0.3 is 0 Å². The van der Waals surface area contributed by atoms with Crippen molar-refractivity contribution in [3.8, 4) is 5.75 Å². The van der Waals surface area contributed by atoms with Gasteiger partial charge in [-0.3, -0.25) is 4.90 Å². The first-order valence-corrected chi connectivity index (χ1v) is 8.57. The minimum atomic E-state index is -0.822. The Morgan fingerprint density at radius 1 is 1.17 bits per heavy atom. The van der Waals surface area contributed by atoms with Crippen LogP contribution in [0.25, 0.3) is 0 Å². The third-order valence-electron chi connectivity index (χ3n) is 4.06. The van der Waals surface area contributed by atoms with Crippen molar-refractivity contribution in [3.05, 3.63) is 63.6 Å². The van der Waals surface area contributed by atoms with Crippen LogP contribution in [-0.4, -0.2) is 35.8 Å². The van der Waals surface area contributed by atoms with E-state index in [4.69, 9.17) is 4.74 Å². The third-order valence-corrected chi connectivity index (χ3v) is 4.52. The molecular weight excluding hydrogens is 380 g/mol. The molecule has 0 radical (unpaired) electrons. The van der Waals surface area contributed by atoms with Gasteiger partial charge in [0.2, 0.25) is 0 Å². The second-order valence-corrected chi connectivity index (χ2v) is 6.83. The van der Waals surface area contributed by atoms with Crippen molar-refractivity contribution < 1.29 is 18.6 Å². The number of hydrogen-bond acceptors (Lipinski definition) is 3. The third kappa shape index (κ3) is 4.12. The van der Waals surface area contributed by atoms with Gasteiger partial charge in [0.05, 0.1) is 0 Å². The summed E-state index contributed by atoms with van der Waals surface area (Å²) in [6.07, 6.45) is 0.109. The maximum Gasteiger partial charge on any atom is 0.190 e. The topological polar surface area (TPSA) is 32.7 Å². The average Bonchev–Trinajstić information content (AvgIpc) is 2.53. The van der Waals surface area contributed by atoms with Gasteiger partial charge in [-0.2, -0.15) is 0 Å². The first kappa shape index (κ1) is 17.3. The van der Waals surface area contributed by atoms with Crippen LogP contribution in [0.1, 0.15) is 11.1 Å². The lowest BCUT2D eigenvalue weighted by atomic mass is 10.00. The summed E-state index contributed by atoms with van der Waals surface area (Å²) in [6, 6.07) is 10.5. The fourth-order valence-corrected chi connectivity index (χ4v) is 3.31. The summed E-state index contributed by atoms with van der Waals surface area (Å²) in [5, 5.41) is 10.1. The molecule has 1 heterocycles. The van der Waals surface area contributed by atoms with E-state index < -0.39 is 23.5 Å². The van der Waals surface area contributed by atoms with Crippen molar-refractivity contribution in [1.82, 2.24) is 4.90 Å². The number of fused-ring (bicyclic) bond motifs is 1. The van der Waals surface area contributed by atoms with Crippen LogP contribution in [0, 0.1) is 11.6 Å². The molecular formula is C18H18BrF2NO2. The van der Waals surface area contributed by atoms with Crippen LogP contribution in [0.15, 0.2) is 40.9 Å². The molecule has 0 bridgehead atoms. The van der Waals surface area contributed by atoms with E-state index in [0.717, 1.165) is 31.6 Å². The van der Waals surface area contributed by atoms with E-state index in [-0.39, 0.29) is 6.61 Å². The Morgan fingerprint density at radius 2 is 1.83 bits per heavy atom. The molecule has 1 atom stereocenters. The number of hydrogen-bond donors (Lipinski definition) is 1. The molecule has 6 heteroatoms. The minimum Gasteiger partial charge on any atom is -0.485 e. The zero-order chi connectivity index (χ0) is 17.1. The van der Waals surface area contributed by atoms with Crippen LogP contribution in [0.3, 0.4) is 0 Å². The highest BCUT2D eigenvalue weighted by molar-refractivity contribution is 9.10. The molecule has 0 saturated carbocycles. The van der Waals surface area contributed by atoms with Crippen LogP contribution in [-0.2, 0) is 13.0 Å². The molecule has 0 amide bonds. The number of benzene rings is 2. The summed E-state index contributed by atoms with van der Waals surface area (Å²) in [5.41, 5.74) is 2.58. The first-order valence-electron chi connectivity index (χ1n) is 7.77. The van der Waals surface area contributed by atoms with Crippen LogP contribution in [0.5, 0.6) is 5.75 Å². The lowest BCUT2D eigenvalue weighted by Crippen LogP contribution is -2.38. The van der Waals surface area contributed by atoms with Gasteiger partial charge in [0.15, 0.2) is 17.4 Å². The van der Waals surface area contributed by atoms with Gasteiger partial charge < -0.3 is 9.84 Å². The van der Waals surface area contributed by atoms with Crippen LogP contribution in [0.2, 0.25) is 0 Å². The average molecular weight is 398 g/mol. The second kappa shape index (κ2) is 7.59. The van der Waals surface area contributed by atoms with E-state index >= 15 is 0 Å². The van der Waals surface area contributed by atoms with Gasteiger partial charge in [-0.1, -0.05) is 40.2 Å². The number of nitrogens with zero attached hydrogens (tertiary/aromatic N) is 1. The van der Waals surface area contributed by atoms with Crippen molar-refractivity contribution in [2.45, 2.75) is 19.1 Å². The fourth-order valence-electron chi connectivity index (χ4n) is 2.91. The molecule has 0 saturated heterocycles. The van der Waals surface area contributed by atoms with E-state index in [1.807, 2.05) is 12.1 Å². The van der Waals surface area contributed by atoms with Gasteiger partial charge in [0.25, 0.3) is 0 Å². The quantitative estimate of drug-likeness (QED) is 0.837. The summed E-state index contributed by atoms with van der Waals surface area (Å²) < 4.78 is 32.8. The van der Waals surface area contributed by atoms with Gasteiger partial charge in [-0.25, -0.2) is 8.78 Å². The molecule has 0 aromatic heterocycles. The lowest BCUT2D eigenvalue weighted by molar-refractivity contribution is 0.0610. The SMILES string of the molecule is O[C@@H](COc1c(F)cc(Br)cc1F)CN1CCc2ccccc2C1. The number of rotatable bonds is 5. The molecule has 0 aliphatic carbocycles. The molecule has 1 N–H and O–H groups in total. The lowest BCUT2D eigenvalue weighted by Gasteiger charge is -2.30. The highest BCUT2D eigenvalue weighted by atomic mass is 79.9. The van der Waals surface area contributed by atoms with Gasteiger partial charge in [0, 0.05) is 24.1 Å². The molecule has 3 nitrogen and oxygen atoms in total. The second-order valence-electron chi connectivity index (χ2n) is 5.92. The summed E-state index contributed by atoms with van der Waals surface area (Å²) >= 11 is 3.01. The summed E-state index contributed by atoms with van der Waals surface area (Å²) in [7, 11) is 0. The molecule has 24 heavy (non-hydrogen) atoms. The van der Waals surface area contributed by atoms with Crippen molar-refractivity contribution in [1.29, 1.82) is 0 Å². The van der Waals surface area contributed by atoms with E-state index in [0.29, 0.717) is 11.0 Å². The molecule has 1 aliphatic rings. The standard InChI is InChI=1S/C18H18BrF2NO2/c19-14-7-16(20)18(17(21)8-14)24-11-15(23)10-22-6-5-12-3-1-2-4-13(12)9-22/h1-4,7-8,15,23H,5-6,9-11H2/t15-/m1/s1. The smallest absolute Gasteiger partial charge is 0.190 e. The zero-order valence-electron chi connectivity index (χ0n) is 13.0. The van der Waals surface area contributed by atoms with E-state index in [1.165, 1.54) is 11.1 Å². The first-order chi connectivity index (χ1) is 11.5. The molecule has 0 fully saturated rings. The molecule has 3 rings (SSSR count). The van der Waals surface area contributed by atoms with Crippen molar-refractivity contribution in [3.63, 3.8) is 0 Å². The fraction of sp³-hybridized carbons (Fsp3) is 0.333. The van der Waals surface area contributed by atoms with Crippen molar-refractivity contribution in [2.75, 3.05) is 19.7 Å². The van der Waals surface area contributed by atoms with Crippen LogP contribution < -0.4 is 4.74 Å². The predicted octanol–water partition coefficient (Wildman–Crippen LogP) is 3.53. The zero-order valence-corrected chi connectivity index (χ0v) is 14.6. The summed E-state index contributed by atoms with van der Waals surface area (Å²) in [5.74, 6) is -2.04. The number of aliphatic hydroxyl groups excluding tert-OH is 1. The van der Waals surface area contributed by atoms with Crippen molar-refractivity contribution >= 4 is 15.9 Å². The monoisotopic (exact) mass is 397 g/mol. The molecule has 1 aliphatic heterocycles. The van der Waals surface area contributed by atoms with Gasteiger partial charge in [0.1, 0.15) is 12.7 Å². The van der Waals surface area contributed by atoms with E-state index in [1.54, 1.807) is 0 Å². The molecule has 2 aromatic rings. The molecule has 128 valence electrons. The number of β-amino-alcohol motifs (C(OH)–C–C–N with tert-alkyl or cyclic N) is 1. The molecule has 2 aromatic carbocycles. The number of halogens is 3.